The van der Waals surface area contributed by atoms with E-state index in [-0.39, 0.29) is 108 Å². The van der Waals surface area contributed by atoms with Gasteiger partial charge in [0.15, 0.2) is 0 Å². The largest absolute Gasteiger partial charge is 0.481 e. The van der Waals surface area contributed by atoms with Gasteiger partial charge >= 0.3 is 5.97 Å². The molecule has 0 radical (unpaired) electrons. The van der Waals surface area contributed by atoms with Gasteiger partial charge in [-0.1, -0.05) is 228 Å². The lowest BCUT2D eigenvalue weighted by Gasteiger charge is -2.35. The maximum Gasteiger partial charge on any atom is 0.303 e. The number of aromatic amines is 1. The van der Waals surface area contributed by atoms with Crippen LogP contribution in [-0.2, 0) is 84.8 Å². The number of aliphatic hydroxyl groups is 1. The number of amides is 14. The molecule has 34 nitrogen and oxygen atoms in total. The molecular weight excluding hydrogens is 1710 g/mol. The van der Waals surface area contributed by atoms with Crippen molar-refractivity contribution >= 4 is 88.7 Å². The zero-order valence-corrected chi connectivity index (χ0v) is 79.7. The summed E-state index contributed by atoms with van der Waals surface area (Å²) in [6.07, 6.45) is 25.7. The molecule has 3 heterocycles. The summed E-state index contributed by atoms with van der Waals surface area (Å²) in [5.41, 5.74) is 13.7. The topological polar surface area (TPSA) is 525 Å². The van der Waals surface area contributed by atoms with Crippen molar-refractivity contribution in [2.75, 3.05) is 26.2 Å². The zero-order valence-electron chi connectivity index (χ0n) is 79.7. The second kappa shape index (κ2) is 62.9. The van der Waals surface area contributed by atoms with E-state index in [9.17, 15) is 63.0 Å². The van der Waals surface area contributed by atoms with E-state index in [0.717, 1.165) is 37.7 Å². The number of allylic oxidation sites excluding steroid dienone is 2. The molecule has 1 unspecified atom stereocenters. The molecule has 0 saturated carbocycles. The Balaban J connectivity index is 1.13. The highest BCUT2D eigenvalue weighted by Crippen LogP contribution is 2.32. The highest BCUT2D eigenvalue weighted by molar-refractivity contribution is 6.00. The molecule has 2 aliphatic rings. The molecule has 1 saturated heterocycles. The lowest BCUT2D eigenvalue weighted by molar-refractivity contribution is -0.143. The number of aliphatic carboxylic acids is 1. The third kappa shape index (κ3) is 42.0. The molecule has 1 aromatic heterocycles. The highest BCUT2D eigenvalue weighted by Gasteiger charge is 2.45. The summed E-state index contributed by atoms with van der Waals surface area (Å²) < 4.78 is 0. The van der Waals surface area contributed by atoms with Gasteiger partial charge in [-0.2, -0.15) is 0 Å². The molecule has 1 fully saturated rings. The maximum absolute atomic E-state index is 16.0. The van der Waals surface area contributed by atoms with Gasteiger partial charge in [-0.3, -0.25) is 71.9 Å². The van der Waals surface area contributed by atoms with Crippen LogP contribution in [0.3, 0.4) is 0 Å². The van der Waals surface area contributed by atoms with Crippen molar-refractivity contribution in [3.05, 3.63) is 138 Å². The number of aliphatic hydroxyl groups excluding tert-OH is 1. The van der Waals surface area contributed by atoms with E-state index in [0.29, 0.717) is 87.7 Å². The van der Waals surface area contributed by atoms with Crippen molar-refractivity contribution in [2.45, 2.75) is 358 Å². The van der Waals surface area contributed by atoms with Gasteiger partial charge in [-0.05, 0) is 151 Å². The van der Waals surface area contributed by atoms with Gasteiger partial charge in [0, 0.05) is 82.0 Å². The summed E-state index contributed by atoms with van der Waals surface area (Å²) in [5, 5.41) is 54.5. The highest BCUT2D eigenvalue weighted by atomic mass is 16.4. The number of nitrogens with one attached hydrogen (secondary N) is 13. The first-order chi connectivity index (χ1) is 64.5. The fraction of sp³-hybridized carbons (Fsp3) is 0.620. The predicted octanol–water partition coefficient (Wildman–Crippen LogP) is 7.78. The van der Waals surface area contributed by atoms with Crippen LogP contribution in [0.5, 0.6) is 0 Å². The molecule has 0 spiro atoms. The minimum atomic E-state index is -1.79. The molecule has 14 amide bonds. The minimum absolute atomic E-state index is 0.00681. The Bertz CT molecular complexity index is 4250. The van der Waals surface area contributed by atoms with Crippen LogP contribution in [0.15, 0.2) is 116 Å². The Hall–Kier alpha value is -11.4. The van der Waals surface area contributed by atoms with Crippen LogP contribution in [0, 0.1) is 11.8 Å². The number of nitrogens with zero attached hydrogens (tertiary/aromatic N) is 2. The molecular formula is C100H153N17O17. The fourth-order valence-electron chi connectivity index (χ4n) is 16.8. The van der Waals surface area contributed by atoms with Crippen LogP contribution in [0.25, 0.3) is 0 Å². The first-order valence-corrected chi connectivity index (χ1v) is 49.0. The normalized spacial score (nSPS) is 17.5. The van der Waals surface area contributed by atoms with Gasteiger partial charge in [-0.25, -0.2) is 4.98 Å². The molecule has 19 N–H and O–H groups in total. The Kier molecular flexibility index (Phi) is 52.3. The molecule has 13 atom stereocenters. The molecule has 0 aliphatic carbocycles. The number of H-pyrrole nitrogens is 1. The van der Waals surface area contributed by atoms with Crippen molar-refractivity contribution in [1.82, 2.24) is 78.7 Å². The van der Waals surface area contributed by atoms with Crippen LogP contribution in [0.4, 0.5) is 0 Å². The van der Waals surface area contributed by atoms with Crippen LogP contribution < -0.4 is 75.3 Å². The van der Waals surface area contributed by atoms with Gasteiger partial charge in [0.05, 0.1) is 12.4 Å². The van der Waals surface area contributed by atoms with Gasteiger partial charge < -0.3 is 95.4 Å². The summed E-state index contributed by atoms with van der Waals surface area (Å²) in [5.74, 6) is -12.2. The molecule has 4 aromatic rings. The van der Waals surface area contributed by atoms with E-state index in [1.807, 2.05) is 25.1 Å². The van der Waals surface area contributed by atoms with Gasteiger partial charge in [0.25, 0.3) is 0 Å². The summed E-state index contributed by atoms with van der Waals surface area (Å²) in [4.78, 5) is 220. The molecule has 6 rings (SSSR count). The van der Waals surface area contributed by atoms with Crippen molar-refractivity contribution < 1.29 is 82.1 Å². The average Bonchev–Trinajstić information content (AvgIpc) is 1.46. The van der Waals surface area contributed by atoms with Crippen LogP contribution in [0.1, 0.15) is 295 Å². The number of benzene rings is 3. The Morgan fingerprint density at radius 3 is 1.60 bits per heavy atom. The van der Waals surface area contributed by atoms with E-state index in [4.69, 9.17) is 11.5 Å². The van der Waals surface area contributed by atoms with Gasteiger partial charge in [0.1, 0.15) is 60.4 Å². The SMILES string of the molecule is CCCCCCCCCCCCCCCC(=O)NCCCCCC(=O)NCCCC[C@H](NC(=O)C[C@H](Cc1ccccc1)NC(=O)[C@@H]1CC/C=C/CC[C@H](NC(=O)C2CCCN2C(=O)[C@@H](NC(=O)[C@H](Cc2cnc[nH]2)NC(=O)[C@@H](NC(=O)[C@H](CCC(=O)O)NC(=O)CC(C)C)[C@@H](C)O)C(c2ccccc2)c2ccccc2)C(=O)N[C@@H]([C@@H](C)CC)C(=O)N1)C(=O)N[C@H](CCCCN)C(N)=O. The van der Waals surface area contributed by atoms with E-state index in [2.05, 4.69) is 80.7 Å². The molecule has 740 valence electrons. The van der Waals surface area contributed by atoms with Gasteiger partial charge in [-0.15, -0.1) is 0 Å². The van der Waals surface area contributed by atoms with Crippen molar-refractivity contribution in [3.63, 3.8) is 0 Å². The maximum atomic E-state index is 16.0. The van der Waals surface area contributed by atoms with Crippen LogP contribution in [-0.4, -0.2) is 212 Å². The number of hydrogen-bond acceptors (Lipinski definition) is 18. The quantitative estimate of drug-likeness (QED) is 0.0148. The summed E-state index contributed by atoms with van der Waals surface area (Å²) in [6.45, 7) is 11.7. The number of carbonyl (C=O) groups is 15. The minimum Gasteiger partial charge on any atom is -0.481 e. The van der Waals surface area contributed by atoms with Crippen LogP contribution in [0.2, 0.25) is 0 Å². The Morgan fingerprint density at radius 2 is 1.04 bits per heavy atom. The number of carboxylic acids is 1. The second-order valence-corrected chi connectivity index (χ2v) is 36.3. The predicted molar refractivity (Wildman–Crippen MR) is 512 cm³/mol. The first-order valence-electron chi connectivity index (χ1n) is 49.0. The number of rotatable bonds is 62. The van der Waals surface area contributed by atoms with E-state index >= 15 is 19.2 Å². The second-order valence-electron chi connectivity index (χ2n) is 36.3. The smallest absolute Gasteiger partial charge is 0.303 e. The molecule has 3 aromatic carbocycles. The van der Waals surface area contributed by atoms with Crippen molar-refractivity contribution in [1.29, 1.82) is 0 Å². The Labute approximate surface area is 790 Å². The third-order valence-electron chi connectivity index (χ3n) is 24.6. The van der Waals surface area contributed by atoms with Crippen LogP contribution >= 0.6 is 0 Å². The number of nitrogens with two attached hydrogens (primary N) is 2. The zero-order chi connectivity index (χ0) is 97.5. The summed E-state index contributed by atoms with van der Waals surface area (Å²) >= 11 is 0. The molecule has 0 bridgehead atoms. The monoisotopic (exact) mass is 1860 g/mol. The molecule has 2 aliphatic heterocycles. The number of unbranched alkanes of at least 4 members (excludes halogenated alkanes) is 16. The summed E-state index contributed by atoms with van der Waals surface area (Å²) in [7, 11) is 0. The third-order valence-corrected chi connectivity index (χ3v) is 24.6. The summed E-state index contributed by atoms with van der Waals surface area (Å²) in [6, 6.07) is 12.1. The number of aromatic nitrogens is 2. The lowest BCUT2D eigenvalue weighted by Crippen LogP contribution is -2.62. The lowest BCUT2D eigenvalue weighted by atomic mass is 9.84. The average molecular weight is 1870 g/mol. The molecule has 134 heavy (non-hydrogen) atoms. The van der Waals surface area contributed by atoms with E-state index in [1.165, 1.54) is 88.6 Å². The number of carbonyl (C=O) groups excluding carboxylic acids is 14. The van der Waals surface area contributed by atoms with E-state index < -0.39 is 168 Å². The molecule has 34 heteroatoms. The number of likely N-dealkylation sites (tertiary alicyclic amines) is 1. The van der Waals surface area contributed by atoms with E-state index in [1.54, 1.807) is 106 Å². The number of hydrogen-bond donors (Lipinski definition) is 17. The number of carboxylic acid groups (broad SMARTS) is 1. The van der Waals surface area contributed by atoms with Crippen molar-refractivity contribution in [2.24, 2.45) is 23.3 Å². The van der Waals surface area contributed by atoms with Gasteiger partial charge in [0.2, 0.25) is 82.7 Å². The number of imidazole rings is 1. The van der Waals surface area contributed by atoms with Crippen molar-refractivity contribution in [3.8, 4) is 0 Å². The number of primary amides is 1. The standard InChI is InChI=1S/C100H153N17O17/c1-7-9-10-11-12-13-14-15-16-17-18-19-34-53-82(119)104-58-39-25-35-54-83(120)105-59-40-37-51-76(93(127)110-75(91(102)125)48-36-38-57-101)108-85(122)64-73(62-70-42-26-22-27-43-70)107-92(126)77-49-32-20-21-33-50-78(94(128)114-88(68(5)8-2)98(132)112-77)111-97(131)81-52-41-60-117(81)100(134)90(87(71-44-28-23-29-45-71)72-46-30-24-31-47-72)116-96(130)80(63-74-65-103-66-106-74)113-99(133)89(69(6)118)115-95(129)79(55-56-86(123)124)109-84(121)61-67(3)4/h20-24,26-31,42-47,65-69,73,75-81,87-90,118H,7-19,25,32-41,48-64,101H2,1-6H3,(H2,102,125)(H,103,106)(H,104,119)(H,105,120)(H,107,126)(H,108,122)(H,109,121)(H,110,127)(H,111,131)(H,112,132)(H,113,133)(H,114,128)(H,115,129)(H,116,130)(H,123,124)/b21-20+/t68-,69+,73-,75+,76-,77-,78-,79-,80-,81?,88-,89-,90-/m0/s1. The first kappa shape index (κ1) is 111. The Morgan fingerprint density at radius 1 is 0.515 bits per heavy atom. The fourth-order valence-corrected chi connectivity index (χ4v) is 16.8.